The average Bonchev–Trinajstić information content (AvgIpc) is 3.50. The zero-order valence-electron chi connectivity index (χ0n) is 24.4. The maximum absolute atomic E-state index is 12.1. The third-order valence-electron chi connectivity index (χ3n) is 8.24. The Balaban J connectivity index is 1.12. The Labute approximate surface area is 255 Å². The highest BCUT2D eigenvalue weighted by molar-refractivity contribution is 5.89. The van der Waals surface area contributed by atoms with Gasteiger partial charge in [-0.15, -0.1) is 5.10 Å². The summed E-state index contributed by atoms with van der Waals surface area (Å²) in [4.78, 5) is 12.1. The SMILES string of the molecule is CC(Oc1cccc(-c2cccc(-n3ncc(C(=O)O)c3[C@@H]3C[C@@H]3c3cn(C)nn3)c2)c1)c1ccc(-c2ccccc2)cc1. The first-order chi connectivity index (χ1) is 21.4. The Bertz CT molecular complexity index is 1940. The van der Waals surface area contributed by atoms with E-state index in [1.165, 1.54) is 17.3 Å². The van der Waals surface area contributed by atoms with Crippen LogP contribution in [0.15, 0.2) is 116 Å². The number of nitrogens with zero attached hydrogens (tertiary/aromatic N) is 5. The fraction of sp³-hybridized carbons (Fsp3) is 0.167. The van der Waals surface area contributed by atoms with Crippen LogP contribution in [0.25, 0.3) is 27.9 Å². The molecule has 1 N–H and O–H groups in total. The van der Waals surface area contributed by atoms with Crippen LogP contribution in [-0.2, 0) is 7.05 Å². The topological polar surface area (TPSA) is 95.1 Å². The second-order valence-corrected chi connectivity index (χ2v) is 11.3. The summed E-state index contributed by atoms with van der Waals surface area (Å²) in [5, 5.41) is 22.8. The van der Waals surface area contributed by atoms with Crippen LogP contribution in [0.4, 0.5) is 0 Å². The van der Waals surface area contributed by atoms with E-state index in [0.29, 0.717) is 5.69 Å². The molecule has 2 heterocycles. The van der Waals surface area contributed by atoms with Crippen LogP contribution >= 0.6 is 0 Å². The van der Waals surface area contributed by atoms with Crippen molar-refractivity contribution >= 4 is 5.97 Å². The van der Waals surface area contributed by atoms with Gasteiger partial charge in [0.2, 0.25) is 0 Å². The van der Waals surface area contributed by atoms with Crippen LogP contribution < -0.4 is 4.74 Å². The largest absolute Gasteiger partial charge is 0.486 e. The number of hydrogen-bond acceptors (Lipinski definition) is 5. The number of benzene rings is 4. The summed E-state index contributed by atoms with van der Waals surface area (Å²) in [6, 6.07) is 34.8. The molecular formula is C36H31N5O3. The molecule has 6 aromatic rings. The van der Waals surface area contributed by atoms with Gasteiger partial charge in [-0.2, -0.15) is 5.10 Å². The zero-order chi connectivity index (χ0) is 30.2. The van der Waals surface area contributed by atoms with Gasteiger partial charge >= 0.3 is 5.97 Å². The van der Waals surface area contributed by atoms with Gasteiger partial charge in [-0.25, -0.2) is 9.48 Å². The smallest absolute Gasteiger partial charge is 0.339 e. The number of carbonyl (C=O) groups is 1. The molecular weight excluding hydrogens is 550 g/mol. The number of aryl methyl sites for hydroxylation is 1. The van der Waals surface area contributed by atoms with Crippen LogP contribution in [0.1, 0.15) is 58.6 Å². The third-order valence-corrected chi connectivity index (χ3v) is 8.24. The number of rotatable bonds is 9. The molecule has 1 aliphatic rings. The average molecular weight is 582 g/mol. The summed E-state index contributed by atoms with van der Waals surface area (Å²) < 4.78 is 9.80. The van der Waals surface area contributed by atoms with Crippen LogP contribution in [0.3, 0.4) is 0 Å². The Morgan fingerprint density at radius 1 is 0.864 bits per heavy atom. The quantitative estimate of drug-likeness (QED) is 0.191. The molecule has 3 atom stereocenters. The lowest BCUT2D eigenvalue weighted by Crippen LogP contribution is -2.06. The molecule has 8 nitrogen and oxygen atoms in total. The summed E-state index contributed by atoms with van der Waals surface area (Å²) in [5.41, 5.74) is 8.00. The highest BCUT2D eigenvalue weighted by atomic mass is 16.5. The molecule has 0 amide bonds. The minimum atomic E-state index is -0.985. The lowest BCUT2D eigenvalue weighted by molar-refractivity contribution is 0.0695. The lowest BCUT2D eigenvalue weighted by atomic mass is 10.0. The van der Waals surface area contributed by atoms with Crippen molar-refractivity contribution in [2.24, 2.45) is 7.05 Å². The summed E-state index contributed by atoms with van der Waals surface area (Å²) in [6.45, 7) is 2.05. The van der Waals surface area contributed by atoms with E-state index in [-0.39, 0.29) is 23.5 Å². The highest BCUT2D eigenvalue weighted by Gasteiger charge is 2.46. The van der Waals surface area contributed by atoms with Crippen LogP contribution in [0.5, 0.6) is 5.75 Å². The van der Waals surface area contributed by atoms with E-state index in [9.17, 15) is 9.90 Å². The first kappa shape index (κ1) is 27.3. The summed E-state index contributed by atoms with van der Waals surface area (Å²) in [5.74, 6) is -0.0964. The fourth-order valence-electron chi connectivity index (χ4n) is 5.86. The first-order valence-electron chi connectivity index (χ1n) is 14.6. The summed E-state index contributed by atoms with van der Waals surface area (Å²) >= 11 is 0. The van der Waals surface area contributed by atoms with Gasteiger partial charge in [0.1, 0.15) is 17.4 Å². The molecule has 1 fully saturated rings. The Morgan fingerprint density at radius 2 is 1.57 bits per heavy atom. The molecule has 0 bridgehead atoms. The minimum absolute atomic E-state index is 0.00364. The van der Waals surface area contributed by atoms with Crippen molar-refractivity contribution in [3.63, 3.8) is 0 Å². The lowest BCUT2D eigenvalue weighted by Gasteiger charge is -2.17. The van der Waals surface area contributed by atoms with Gasteiger partial charge in [-0.1, -0.05) is 84.1 Å². The normalized spacial score (nSPS) is 16.4. The van der Waals surface area contributed by atoms with Crippen molar-refractivity contribution in [1.29, 1.82) is 0 Å². The van der Waals surface area contributed by atoms with Gasteiger partial charge in [0.25, 0.3) is 0 Å². The molecule has 0 aliphatic heterocycles. The second-order valence-electron chi connectivity index (χ2n) is 11.3. The molecule has 4 aromatic carbocycles. The van der Waals surface area contributed by atoms with Crippen LogP contribution in [0, 0.1) is 0 Å². The van der Waals surface area contributed by atoms with Gasteiger partial charge < -0.3 is 9.84 Å². The molecule has 8 heteroatoms. The predicted molar refractivity (Wildman–Crippen MR) is 168 cm³/mol. The Kier molecular flexibility index (Phi) is 7.02. The van der Waals surface area contributed by atoms with E-state index in [1.807, 2.05) is 80.0 Å². The van der Waals surface area contributed by atoms with Crippen molar-refractivity contribution in [3.8, 4) is 33.7 Å². The van der Waals surface area contributed by atoms with Crippen molar-refractivity contribution in [1.82, 2.24) is 24.8 Å². The minimum Gasteiger partial charge on any atom is -0.486 e. The van der Waals surface area contributed by atoms with E-state index in [2.05, 4.69) is 58.7 Å². The molecule has 1 aliphatic carbocycles. The van der Waals surface area contributed by atoms with E-state index in [0.717, 1.165) is 40.2 Å². The fourth-order valence-corrected chi connectivity index (χ4v) is 5.86. The molecule has 1 saturated carbocycles. The number of aromatic nitrogens is 5. The molecule has 44 heavy (non-hydrogen) atoms. The van der Waals surface area contributed by atoms with Gasteiger partial charge in [-0.3, -0.25) is 4.68 Å². The third kappa shape index (κ3) is 5.38. The molecule has 1 unspecified atom stereocenters. The van der Waals surface area contributed by atoms with E-state index in [4.69, 9.17) is 4.74 Å². The number of carboxylic acids is 1. The number of carboxylic acid groups (broad SMARTS) is 1. The number of ether oxygens (including phenoxy) is 1. The van der Waals surface area contributed by atoms with Crippen LogP contribution in [0.2, 0.25) is 0 Å². The first-order valence-corrected chi connectivity index (χ1v) is 14.6. The maximum atomic E-state index is 12.1. The van der Waals surface area contributed by atoms with Crippen molar-refractivity contribution in [2.75, 3.05) is 0 Å². The van der Waals surface area contributed by atoms with Gasteiger partial charge in [-0.05, 0) is 65.4 Å². The van der Waals surface area contributed by atoms with Crippen molar-refractivity contribution < 1.29 is 14.6 Å². The standard InChI is InChI=1S/C36H31N5O3/c1-23(24-14-16-26(17-15-24)25-8-4-3-5-9-25)44-30-13-7-11-28(19-30)27-10-6-12-29(18-27)41-35(33(21-37-41)36(42)43)32-20-31(32)34-22-40(2)39-38-34/h3-19,21-23,31-32H,20H2,1-2H3,(H,42,43)/t23?,31-,32+/m0/s1. The predicted octanol–water partition coefficient (Wildman–Crippen LogP) is 7.44. The number of aromatic carboxylic acids is 1. The molecule has 7 rings (SSSR count). The van der Waals surface area contributed by atoms with E-state index >= 15 is 0 Å². The van der Waals surface area contributed by atoms with Crippen molar-refractivity contribution in [2.45, 2.75) is 31.3 Å². The molecule has 0 spiro atoms. The van der Waals surface area contributed by atoms with Crippen molar-refractivity contribution in [3.05, 3.63) is 138 Å². The molecule has 0 saturated heterocycles. The van der Waals surface area contributed by atoms with E-state index in [1.54, 1.807) is 9.36 Å². The monoisotopic (exact) mass is 581 g/mol. The number of hydrogen-bond donors (Lipinski definition) is 1. The summed E-state index contributed by atoms with van der Waals surface area (Å²) in [6.07, 6.45) is 4.00. The van der Waals surface area contributed by atoms with Crippen LogP contribution in [-0.4, -0.2) is 35.9 Å². The summed E-state index contributed by atoms with van der Waals surface area (Å²) in [7, 11) is 1.83. The van der Waals surface area contributed by atoms with E-state index < -0.39 is 5.97 Å². The molecule has 218 valence electrons. The molecule has 0 radical (unpaired) electrons. The molecule has 2 aromatic heterocycles. The zero-order valence-corrected chi connectivity index (χ0v) is 24.4. The second kappa shape index (κ2) is 11.3. The Hall–Kier alpha value is -5.50. The highest BCUT2D eigenvalue weighted by Crippen LogP contribution is 2.55. The van der Waals surface area contributed by atoms with Gasteiger partial charge in [0.15, 0.2) is 0 Å². The van der Waals surface area contributed by atoms with Gasteiger partial charge in [0, 0.05) is 25.1 Å². The maximum Gasteiger partial charge on any atom is 0.339 e. The Morgan fingerprint density at radius 3 is 2.30 bits per heavy atom. The van der Waals surface area contributed by atoms with Gasteiger partial charge in [0.05, 0.1) is 23.3 Å².